The highest BCUT2D eigenvalue weighted by Crippen LogP contribution is 2.39. The lowest BCUT2D eigenvalue weighted by Gasteiger charge is -2.24. The second kappa shape index (κ2) is 12.3. The van der Waals surface area contributed by atoms with Crippen LogP contribution in [0.1, 0.15) is 69.9 Å². The summed E-state index contributed by atoms with van der Waals surface area (Å²) < 4.78 is 0. The molecule has 26 heavy (non-hydrogen) atoms. The number of aromatic nitrogens is 2. The van der Waals surface area contributed by atoms with Crippen LogP contribution in [0.2, 0.25) is 0 Å². The standard InChI is InChI=1S/C17H22N2S.C4H8.H3NS/c1-3-13-10-18-9-8-15(13)16-11-19-17(20-16)14-6-4-12(2)5-7-14;1-4(2)3;1-2/h8-12,14H,3-7H2,1-2H3;1H2,2-3H3;2H,1H2. The van der Waals surface area contributed by atoms with E-state index < -0.39 is 0 Å². The number of hydrogen-bond acceptors (Lipinski definition) is 5. The fourth-order valence-corrected chi connectivity index (χ4v) is 4.20. The molecule has 0 atom stereocenters. The Balaban J connectivity index is 0.000000500. The zero-order valence-electron chi connectivity index (χ0n) is 16.5. The van der Waals surface area contributed by atoms with Gasteiger partial charge in [0.2, 0.25) is 0 Å². The van der Waals surface area contributed by atoms with Crippen molar-refractivity contribution in [1.29, 1.82) is 0 Å². The number of pyridine rings is 1. The van der Waals surface area contributed by atoms with Crippen LogP contribution in [0.25, 0.3) is 10.4 Å². The van der Waals surface area contributed by atoms with Crippen LogP contribution < -0.4 is 5.14 Å². The van der Waals surface area contributed by atoms with Gasteiger partial charge in [-0.2, -0.15) is 0 Å². The van der Waals surface area contributed by atoms with E-state index in [1.165, 1.54) is 52.3 Å². The smallest absolute Gasteiger partial charge is 0.0962 e. The minimum atomic E-state index is 0.692. The molecule has 0 bridgehead atoms. The number of nitrogens with two attached hydrogens (primary N) is 1. The number of allylic oxidation sites excluding steroid dienone is 1. The molecule has 1 aliphatic carbocycles. The summed E-state index contributed by atoms with van der Waals surface area (Å²) in [6, 6.07) is 2.12. The van der Waals surface area contributed by atoms with E-state index in [9.17, 15) is 0 Å². The molecule has 0 aliphatic heterocycles. The van der Waals surface area contributed by atoms with Crippen LogP contribution in [0.15, 0.2) is 36.8 Å². The molecule has 0 unspecified atom stereocenters. The highest BCUT2D eigenvalue weighted by atomic mass is 32.1. The molecule has 3 rings (SSSR count). The minimum absolute atomic E-state index is 0.692. The summed E-state index contributed by atoms with van der Waals surface area (Å²) >= 11 is 4.91. The van der Waals surface area contributed by atoms with E-state index in [0.717, 1.165) is 12.3 Å². The van der Waals surface area contributed by atoms with Crippen molar-refractivity contribution >= 4 is 24.2 Å². The molecule has 144 valence electrons. The van der Waals surface area contributed by atoms with Crippen molar-refractivity contribution in [2.75, 3.05) is 0 Å². The summed E-state index contributed by atoms with van der Waals surface area (Å²) in [4.78, 5) is 10.2. The zero-order chi connectivity index (χ0) is 19.5. The third-order valence-corrected chi connectivity index (χ3v) is 5.63. The molecular weight excluding hydrogens is 358 g/mol. The Labute approximate surface area is 168 Å². The van der Waals surface area contributed by atoms with Gasteiger partial charge < -0.3 is 0 Å². The van der Waals surface area contributed by atoms with Gasteiger partial charge in [-0.1, -0.05) is 32.3 Å². The summed E-state index contributed by atoms with van der Waals surface area (Å²) in [5.41, 5.74) is 3.80. The van der Waals surface area contributed by atoms with Gasteiger partial charge in [0.1, 0.15) is 0 Å². The molecule has 1 aliphatic rings. The summed E-state index contributed by atoms with van der Waals surface area (Å²) in [5.74, 6) is 1.59. The lowest BCUT2D eigenvalue weighted by Crippen LogP contribution is -2.10. The first-order valence-corrected chi connectivity index (χ1v) is 10.6. The van der Waals surface area contributed by atoms with E-state index in [0.29, 0.717) is 5.92 Å². The number of rotatable bonds is 3. The monoisotopic (exact) mass is 391 g/mol. The van der Waals surface area contributed by atoms with Crippen molar-refractivity contribution in [3.05, 3.63) is 47.4 Å². The third-order valence-electron chi connectivity index (χ3n) is 4.44. The first-order chi connectivity index (χ1) is 12.5. The second-order valence-electron chi connectivity index (χ2n) is 7.11. The maximum Gasteiger partial charge on any atom is 0.0962 e. The van der Waals surface area contributed by atoms with Crippen LogP contribution >= 0.6 is 24.2 Å². The zero-order valence-corrected chi connectivity index (χ0v) is 18.2. The Morgan fingerprint density at radius 1 is 1.23 bits per heavy atom. The normalized spacial score (nSPS) is 18.8. The van der Waals surface area contributed by atoms with Gasteiger partial charge in [-0.15, -0.1) is 30.7 Å². The minimum Gasteiger partial charge on any atom is -0.281 e. The molecule has 0 aromatic carbocycles. The van der Waals surface area contributed by atoms with Crippen molar-refractivity contribution in [2.24, 2.45) is 11.1 Å². The van der Waals surface area contributed by atoms with Crippen molar-refractivity contribution in [1.82, 2.24) is 9.97 Å². The van der Waals surface area contributed by atoms with Crippen molar-refractivity contribution in [3.8, 4) is 10.4 Å². The maximum absolute atomic E-state index is 4.71. The molecule has 5 heteroatoms. The van der Waals surface area contributed by atoms with Crippen LogP contribution in [0.3, 0.4) is 0 Å². The number of thiol groups is 1. The highest BCUT2D eigenvalue weighted by molar-refractivity contribution is 7.77. The quantitative estimate of drug-likeness (QED) is 0.468. The average Bonchev–Trinajstić information content (AvgIpc) is 3.13. The Morgan fingerprint density at radius 3 is 2.42 bits per heavy atom. The molecular formula is C21H33N3S2. The molecule has 2 aromatic rings. The van der Waals surface area contributed by atoms with E-state index in [2.05, 4.69) is 55.6 Å². The average molecular weight is 392 g/mol. The van der Waals surface area contributed by atoms with E-state index in [1.807, 2.05) is 37.6 Å². The molecule has 0 radical (unpaired) electrons. The maximum atomic E-state index is 4.71. The van der Waals surface area contributed by atoms with Gasteiger partial charge in [0.05, 0.1) is 9.88 Å². The summed E-state index contributed by atoms with van der Waals surface area (Å²) in [6.07, 6.45) is 12.3. The number of hydrogen-bond donors (Lipinski definition) is 2. The largest absolute Gasteiger partial charge is 0.281 e. The topological polar surface area (TPSA) is 51.8 Å². The van der Waals surface area contributed by atoms with Gasteiger partial charge in [0.25, 0.3) is 0 Å². The fraction of sp³-hybridized carbons (Fsp3) is 0.524. The molecule has 3 nitrogen and oxygen atoms in total. The van der Waals surface area contributed by atoms with E-state index in [1.54, 1.807) is 0 Å². The first-order valence-electron chi connectivity index (χ1n) is 9.28. The Bertz CT molecular complexity index is 655. The van der Waals surface area contributed by atoms with Gasteiger partial charge in [-0.25, -0.2) is 4.98 Å². The van der Waals surface area contributed by atoms with E-state index in [4.69, 9.17) is 4.98 Å². The summed E-state index contributed by atoms with van der Waals surface area (Å²) in [7, 11) is 0. The van der Waals surface area contributed by atoms with Crippen LogP contribution in [0.5, 0.6) is 0 Å². The SMILES string of the molecule is C=C(C)C.CCc1cnccc1-c1cnc(C2CCC(C)CC2)s1.NS. The Morgan fingerprint density at radius 2 is 1.85 bits per heavy atom. The predicted octanol–water partition coefficient (Wildman–Crippen LogP) is 6.43. The van der Waals surface area contributed by atoms with E-state index >= 15 is 0 Å². The molecule has 2 N–H and O–H groups in total. The highest BCUT2D eigenvalue weighted by Gasteiger charge is 2.22. The van der Waals surface area contributed by atoms with Gasteiger partial charge in [-0.3, -0.25) is 10.1 Å². The Hall–Kier alpha value is -1.17. The molecule has 2 aromatic heterocycles. The Kier molecular flexibility index (Phi) is 10.8. The van der Waals surface area contributed by atoms with Crippen molar-refractivity contribution in [2.45, 2.75) is 65.7 Å². The van der Waals surface area contributed by atoms with Crippen molar-refractivity contribution < 1.29 is 0 Å². The lowest BCUT2D eigenvalue weighted by molar-refractivity contribution is 0.347. The second-order valence-corrected chi connectivity index (χ2v) is 8.18. The summed E-state index contributed by atoms with van der Waals surface area (Å²) in [6.45, 7) is 12.1. The molecule has 1 saturated carbocycles. The molecule has 0 spiro atoms. The molecule has 0 amide bonds. The number of nitrogens with zero attached hydrogens (tertiary/aromatic N) is 2. The number of aryl methyl sites for hydroxylation is 1. The lowest BCUT2D eigenvalue weighted by atomic mass is 9.83. The predicted molar refractivity (Wildman–Crippen MR) is 119 cm³/mol. The van der Waals surface area contributed by atoms with E-state index in [-0.39, 0.29) is 0 Å². The molecule has 0 saturated heterocycles. The molecule has 2 heterocycles. The van der Waals surface area contributed by atoms with Crippen LogP contribution in [-0.2, 0) is 6.42 Å². The fourth-order valence-electron chi connectivity index (χ4n) is 3.06. The van der Waals surface area contributed by atoms with Crippen LogP contribution in [-0.4, -0.2) is 9.97 Å². The van der Waals surface area contributed by atoms with Gasteiger partial charge in [-0.05, 0) is 56.2 Å². The van der Waals surface area contributed by atoms with Gasteiger partial charge >= 0.3 is 0 Å². The number of thiazole rings is 1. The van der Waals surface area contributed by atoms with Crippen LogP contribution in [0, 0.1) is 5.92 Å². The van der Waals surface area contributed by atoms with Gasteiger partial charge in [0.15, 0.2) is 0 Å². The molecule has 1 fully saturated rings. The first kappa shape index (κ1) is 22.9. The van der Waals surface area contributed by atoms with Gasteiger partial charge in [0, 0.05) is 24.5 Å². The van der Waals surface area contributed by atoms with Crippen LogP contribution in [0.4, 0.5) is 0 Å². The third kappa shape index (κ3) is 7.22. The summed E-state index contributed by atoms with van der Waals surface area (Å²) in [5, 5.41) is 5.53. The van der Waals surface area contributed by atoms with Crippen molar-refractivity contribution in [3.63, 3.8) is 0 Å².